The molecule has 0 saturated carbocycles. The number of benzene rings is 1. The van der Waals surface area contributed by atoms with Gasteiger partial charge in [-0.05, 0) is 49.7 Å². The van der Waals surface area contributed by atoms with Gasteiger partial charge >= 0.3 is 0 Å². The highest BCUT2D eigenvalue weighted by atomic mass is 16.2. The van der Waals surface area contributed by atoms with E-state index in [9.17, 15) is 9.59 Å². The average molecular weight is 324 g/mol. The summed E-state index contributed by atoms with van der Waals surface area (Å²) in [7, 11) is 0. The van der Waals surface area contributed by atoms with Crippen molar-refractivity contribution in [1.82, 2.24) is 10.3 Å². The van der Waals surface area contributed by atoms with Gasteiger partial charge in [0.2, 0.25) is 5.91 Å². The molecule has 2 heterocycles. The van der Waals surface area contributed by atoms with Crippen LogP contribution in [0.2, 0.25) is 0 Å². The van der Waals surface area contributed by atoms with Gasteiger partial charge in [0.1, 0.15) is 0 Å². The van der Waals surface area contributed by atoms with Crippen LogP contribution in [0.15, 0.2) is 48.8 Å². The van der Waals surface area contributed by atoms with Crippen LogP contribution in [0.25, 0.3) is 0 Å². The summed E-state index contributed by atoms with van der Waals surface area (Å²) in [5, 5.41) is 8.93. The molecule has 0 spiro atoms. The van der Waals surface area contributed by atoms with E-state index < -0.39 is 0 Å². The van der Waals surface area contributed by atoms with Gasteiger partial charge in [0, 0.05) is 35.9 Å². The second kappa shape index (κ2) is 7.70. The summed E-state index contributed by atoms with van der Waals surface area (Å²) < 4.78 is 0. The molecule has 6 heteroatoms. The first-order valence-electron chi connectivity index (χ1n) is 8.05. The van der Waals surface area contributed by atoms with Gasteiger partial charge in [0.25, 0.3) is 5.91 Å². The third kappa shape index (κ3) is 4.17. The molecular formula is C18H20N4O2. The van der Waals surface area contributed by atoms with Gasteiger partial charge in [-0.25, -0.2) is 0 Å². The lowest BCUT2D eigenvalue weighted by Crippen LogP contribution is -2.37. The Morgan fingerprint density at radius 3 is 2.67 bits per heavy atom. The molecule has 1 fully saturated rings. The molecule has 1 aromatic heterocycles. The number of hydrogen-bond donors (Lipinski definition) is 3. The molecule has 3 N–H and O–H groups in total. The van der Waals surface area contributed by atoms with Crippen LogP contribution in [0.3, 0.4) is 0 Å². The number of aromatic nitrogens is 1. The van der Waals surface area contributed by atoms with Gasteiger partial charge in [0.15, 0.2) is 0 Å². The first kappa shape index (κ1) is 16.1. The summed E-state index contributed by atoms with van der Waals surface area (Å²) in [6, 6.07) is 10.4. The highest BCUT2D eigenvalue weighted by Crippen LogP contribution is 2.16. The average Bonchev–Trinajstić information content (AvgIpc) is 2.63. The van der Waals surface area contributed by atoms with Crippen molar-refractivity contribution < 1.29 is 9.59 Å². The summed E-state index contributed by atoms with van der Waals surface area (Å²) in [6.07, 6.45) is 5.13. The van der Waals surface area contributed by atoms with Gasteiger partial charge in [-0.2, -0.15) is 0 Å². The molecule has 1 saturated heterocycles. The summed E-state index contributed by atoms with van der Waals surface area (Å²) in [4.78, 5) is 28.5. The van der Waals surface area contributed by atoms with E-state index in [0.717, 1.165) is 19.4 Å². The Labute approximate surface area is 140 Å². The number of piperidine rings is 1. The Hall–Kier alpha value is -2.73. The van der Waals surface area contributed by atoms with E-state index in [2.05, 4.69) is 20.9 Å². The number of pyridine rings is 1. The minimum absolute atomic E-state index is 0.00566. The van der Waals surface area contributed by atoms with E-state index >= 15 is 0 Å². The van der Waals surface area contributed by atoms with Crippen molar-refractivity contribution in [3.05, 3.63) is 54.4 Å². The van der Waals surface area contributed by atoms with Crippen molar-refractivity contribution in [2.75, 3.05) is 23.7 Å². The van der Waals surface area contributed by atoms with Crippen LogP contribution < -0.4 is 16.0 Å². The number of nitrogens with one attached hydrogen (secondary N) is 3. The zero-order valence-corrected chi connectivity index (χ0v) is 13.3. The lowest BCUT2D eigenvalue weighted by molar-refractivity contribution is -0.120. The van der Waals surface area contributed by atoms with Crippen molar-refractivity contribution in [2.24, 2.45) is 5.92 Å². The minimum Gasteiger partial charge on any atom is -0.326 e. The molecule has 1 aliphatic rings. The first-order valence-corrected chi connectivity index (χ1v) is 8.05. The van der Waals surface area contributed by atoms with E-state index in [4.69, 9.17) is 0 Å². The normalized spacial score (nSPS) is 17.1. The van der Waals surface area contributed by atoms with E-state index in [1.165, 1.54) is 0 Å². The van der Waals surface area contributed by atoms with E-state index in [0.29, 0.717) is 23.5 Å². The lowest BCUT2D eigenvalue weighted by atomic mass is 9.98. The van der Waals surface area contributed by atoms with Crippen LogP contribution in [0, 0.1) is 5.92 Å². The predicted molar refractivity (Wildman–Crippen MR) is 92.9 cm³/mol. The number of anilines is 2. The molecule has 1 atom stereocenters. The minimum atomic E-state index is -0.225. The molecule has 0 bridgehead atoms. The van der Waals surface area contributed by atoms with Crippen LogP contribution in [0.5, 0.6) is 0 Å². The largest absolute Gasteiger partial charge is 0.326 e. The topological polar surface area (TPSA) is 83.1 Å². The fourth-order valence-corrected chi connectivity index (χ4v) is 2.70. The maximum absolute atomic E-state index is 12.3. The number of hydrogen-bond acceptors (Lipinski definition) is 4. The van der Waals surface area contributed by atoms with E-state index in [1.807, 2.05) is 0 Å². The Morgan fingerprint density at radius 2 is 1.92 bits per heavy atom. The van der Waals surface area contributed by atoms with Crippen molar-refractivity contribution in [2.45, 2.75) is 12.8 Å². The monoisotopic (exact) mass is 324 g/mol. The molecule has 24 heavy (non-hydrogen) atoms. The third-order valence-electron chi connectivity index (χ3n) is 4.00. The van der Waals surface area contributed by atoms with Crippen LogP contribution >= 0.6 is 0 Å². The molecule has 1 unspecified atom stereocenters. The van der Waals surface area contributed by atoms with Gasteiger partial charge in [-0.15, -0.1) is 0 Å². The summed E-state index contributed by atoms with van der Waals surface area (Å²) in [5.41, 5.74) is 1.80. The van der Waals surface area contributed by atoms with Crippen LogP contribution in [-0.2, 0) is 4.79 Å². The number of rotatable bonds is 4. The van der Waals surface area contributed by atoms with Crippen molar-refractivity contribution in [3.8, 4) is 0 Å². The van der Waals surface area contributed by atoms with E-state index in [-0.39, 0.29) is 17.7 Å². The number of carbonyl (C=O) groups excluding carboxylic acids is 2. The molecule has 2 aromatic rings. The van der Waals surface area contributed by atoms with Gasteiger partial charge in [-0.3, -0.25) is 14.6 Å². The molecule has 6 nitrogen and oxygen atoms in total. The highest BCUT2D eigenvalue weighted by molar-refractivity contribution is 6.05. The molecule has 1 aliphatic heterocycles. The highest BCUT2D eigenvalue weighted by Gasteiger charge is 2.21. The standard InChI is InChI=1S/C18H20N4O2/c23-17(21-15-6-9-19-10-7-15)13-3-1-5-16(11-13)22-18(24)14-4-2-8-20-12-14/h1,3,5-7,9-11,14,20H,2,4,8,12H2,(H,22,24)(H,19,21,23). The second-order valence-electron chi connectivity index (χ2n) is 5.80. The Morgan fingerprint density at radius 1 is 1.08 bits per heavy atom. The van der Waals surface area contributed by atoms with Crippen LogP contribution in [0.1, 0.15) is 23.2 Å². The lowest BCUT2D eigenvalue weighted by Gasteiger charge is -2.22. The van der Waals surface area contributed by atoms with Crippen LogP contribution in [0.4, 0.5) is 11.4 Å². The van der Waals surface area contributed by atoms with Crippen LogP contribution in [-0.4, -0.2) is 29.9 Å². The maximum atomic E-state index is 12.3. The molecule has 124 valence electrons. The third-order valence-corrected chi connectivity index (χ3v) is 4.00. The summed E-state index contributed by atoms with van der Waals surface area (Å²) >= 11 is 0. The smallest absolute Gasteiger partial charge is 0.255 e. The Kier molecular flexibility index (Phi) is 5.18. The Balaban J connectivity index is 1.65. The number of nitrogens with zero attached hydrogens (tertiary/aromatic N) is 1. The van der Waals surface area contributed by atoms with E-state index in [1.54, 1.807) is 48.8 Å². The molecule has 3 rings (SSSR count). The second-order valence-corrected chi connectivity index (χ2v) is 5.80. The summed E-state index contributed by atoms with van der Waals surface area (Å²) in [6.45, 7) is 1.67. The van der Waals surface area contributed by atoms with Crippen molar-refractivity contribution in [1.29, 1.82) is 0 Å². The predicted octanol–water partition coefficient (Wildman–Crippen LogP) is 2.27. The number of amides is 2. The fourth-order valence-electron chi connectivity index (χ4n) is 2.70. The van der Waals surface area contributed by atoms with Crippen molar-refractivity contribution in [3.63, 3.8) is 0 Å². The molecule has 2 amide bonds. The zero-order valence-electron chi connectivity index (χ0n) is 13.3. The van der Waals surface area contributed by atoms with Gasteiger partial charge < -0.3 is 16.0 Å². The molecule has 0 aliphatic carbocycles. The maximum Gasteiger partial charge on any atom is 0.255 e. The van der Waals surface area contributed by atoms with Gasteiger partial charge in [0.05, 0.1) is 5.92 Å². The SMILES string of the molecule is O=C(Nc1ccncc1)c1cccc(NC(=O)C2CCCNC2)c1. The number of carbonyl (C=O) groups is 2. The zero-order chi connectivity index (χ0) is 16.8. The fraction of sp³-hybridized carbons (Fsp3) is 0.278. The first-order chi connectivity index (χ1) is 11.7. The van der Waals surface area contributed by atoms with Gasteiger partial charge in [-0.1, -0.05) is 6.07 Å². The van der Waals surface area contributed by atoms with Crippen molar-refractivity contribution >= 4 is 23.2 Å². The summed E-state index contributed by atoms with van der Waals surface area (Å²) in [5.74, 6) is -0.251. The molecule has 0 radical (unpaired) electrons. The molecule has 1 aromatic carbocycles. The Bertz CT molecular complexity index is 712. The quantitative estimate of drug-likeness (QED) is 0.806. The molecular weight excluding hydrogens is 304 g/mol.